The van der Waals surface area contributed by atoms with Gasteiger partial charge < -0.3 is 10.3 Å². The molecule has 2 rings (SSSR count). The number of aromatic amines is 1. The van der Waals surface area contributed by atoms with Crippen molar-refractivity contribution >= 4 is 18.1 Å². The van der Waals surface area contributed by atoms with E-state index in [0.29, 0.717) is 16.2 Å². The average Bonchev–Trinajstić information content (AvgIpc) is 2.60. The summed E-state index contributed by atoms with van der Waals surface area (Å²) in [5.41, 5.74) is 6.46. The maximum Gasteiger partial charge on any atom is 0.248 e. The zero-order chi connectivity index (χ0) is 11.7. The summed E-state index contributed by atoms with van der Waals surface area (Å²) in [4.78, 5) is 11.0. The predicted molar refractivity (Wildman–Crippen MR) is 69.1 cm³/mol. The first-order valence-corrected chi connectivity index (χ1v) is 5.02. The van der Waals surface area contributed by atoms with Gasteiger partial charge in [-0.3, -0.25) is 9.89 Å². The lowest BCUT2D eigenvalue weighted by Gasteiger charge is -2.01. The first-order chi connectivity index (χ1) is 7.59. The lowest BCUT2D eigenvalue weighted by Crippen LogP contribution is -2.10. The Morgan fingerprint density at radius 1 is 1.53 bits per heavy atom. The Bertz CT molecular complexity index is 600. The number of aromatic nitrogens is 3. The predicted octanol–water partition coefficient (Wildman–Crippen LogP) is 1.88. The Kier molecular flexibility index (Phi) is 3.80. The molecule has 0 aliphatic carbocycles. The quantitative estimate of drug-likeness (QED) is 0.799. The molecule has 90 valence electrons. The molecule has 0 unspecified atom stereocenters. The molecule has 17 heavy (non-hydrogen) atoms. The number of nitrogens with zero attached hydrogens (tertiary/aromatic N) is 2. The summed E-state index contributed by atoms with van der Waals surface area (Å²) in [6.45, 7) is 0. The molecule has 6 heteroatoms. The van der Waals surface area contributed by atoms with Crippen LogP contribution in [0.25, 0.3) is 11.4 Å². The fourth-order valence-electron chi connectivity index (χ4n) is 1.42. The van der Waals surface area contributed by atoms with E-state index in [-0.39, 0.29) is 7.43 Å². The Balaban J connectivity index is 0.00000144. The van der Waals surface area contributed by atoms with E-state index in [1.165, 1.54) is 0 Å². The second kappa shape index (κ2) is 4.92. The molecule has 0 aliphatic heterocycles. The fourth-order valence-corrected chi connectivity index (χ4v) is 1.55. The van der Waals surface area contributed by atoms with Gasteiger partial charge >= 0.3 is 0 Å². The van der Waals surface area contributed by atoms with E-state index in [2.05, 4.69) is 10.2 Å². The van der Waals surface area contributed by atoms with Crippen LogP contribution in [0.1, 0.15) is 17.8 Å². The minimum atomic E-state index is -0.460. The topological polar surface area (TPSA) is 76.7 Å². The second-order valence-corrected chi connectivity index (χ2v) is 3.74. The van der Waals surface area contributed by atoms with Crippen LogP contribution in [0.15, 0.2) is 24.3 Å². The zero-order valence-corrected chi connectivity index (χ0v) is 9.41. The van der Waals surface area contributed by atoms with Crippen LogP contribution in [0.3, 0.4) is 0 Å². The first-order valence-electron chi connectivity index (χ1n) is 4.61. The van der Waals surface area contributed by atoms with Gasteiger partial charge in [0.1, 0.15) is 0 Å². The van der Waals surface area contributed by atoms with Crippen LogP contribution in [-0.4, -0.2) is 20.7 Å². The van der Waals surface area contributed by atoms with Crippen LogP contribution in [0, 0.1) is 4.77 Å². The van der Waals surface area contributed by atoms with Gasteiger partial charge in [0, 0.05) is 18.2 Å². The van der Waals surface area contributed by atoms with E-state index in [1.54, 1.807) is 29.8 Å². The molecule has 0 aliphatic rings. The SMILES string of the molecule is C.Cn1c(-c2cccc(C(N)=O)c2)n[nH]c1=S. The molecule has 0 atom stereocenters. The van der Waals surface area contributed by atoms with Crippen molar-refractivity contribution in [3.63, 3.8) is 0 Å². The molecule has 0 saturated carbocycles. The highest BCUT2D eigenvalue weighted by atomic mass is 32.1. The van der Waals surface area contributed by atoms with Gasteiger partial charge in [-0.2, -0.15) is 5.10 Å². The molecular formula is C11H14N4OS. The number of hydrogen-bond donors (Lipinski definition) is 2. The highest BCUT2D eigenvalue weighted by Crippen LogP contribution is 2.17. The molecule has 0 bridgehead atoms. The Morgan fingerprint density at radius 2 is 2.24 bits per heavy atom. The number of carbonyl (C=O) groups excluding carboxylic acids is 1. The number of carbonyl (C=O) groups is 1. The summed E-state index contributed by atoms with van der Waals surface area (Å²) in [5, 5.41) is 6.76. The Morgan fingerprint density at radius 3 is 2.76 bits per heavy atom. The van der Waals surface area contributed by atoms with Gasteiger partial charge in [-0.25, -0.2) is 0 Å². The van der Waals surface area contributed by atoms with Crippen molar-refractivity contribution in [2.24, 2.45) is 12.8 Å². The third-order valence-corrected chi connectivity index (χ3v) is 2.65. The van der Waals surface area contributed by atoms with Crippen molar-refractivity contribution in [1.82, 2.24) is 14.8 Å². The van der Waals surface area contributed by atoms with E-state index in [9.17, 15) is 4.79 Å². The minimum Gasteiger partial charge on any atom is -0.366 e. The first kappa shape index (κ1) is 13.1. The number of amides is 1. The van der Waals surface area contributed by atoms with Crippen LogP contribution < -0.4 is 5.73 Å². The lowest BCUT2D eigenvalue weighted by atomic mass is 10.1. The molecule has 1 amide bonds. The van der Waals surface area contributed by atoms with E-state index in [4.69, 9.17) is 18.0 Å². The second-order valence-electron chi connectivity index (χ2n) is 3.36. The zero-order valence-electron chi connectivity index (χ0n) is 8.60. The van der Waals surface area contributed by atoms with Crippen LogP contribution in [0.5, 0.6) is 0 Å². The molecule has 0 fully saturated rings. The van der Waals surface area contributed by atoms with E-state index in [0.717, 1.165) is 5.56 Å². The summed E-state index contributed by atoms with van der Waals surface area (Å²) in [6.07, 6.45) is 0. The van der Waals surface area contributed by atoms with Crippen molar-refractivity contribution in [1.29, 1.82) is 0 Å². The summed E-state index contributed by atoms with van der Waals surface area (Å²) in [7, 11) is 1.80. The van der Waals surface area contributed by atoms with Crippen molar-refractivity contribution in [2.75, 3.05) is 0 Å². The van der Waals surface area contributed by atoms with Gasteiger partial charge in [0.2, 0.25) is 5.91 Å². The van der Waals surface area contributed by atoms with Gasteiger partial charge in [0.25, 0.3) is 0 Å². The normalized spacial score (nSPS) is 9.71. The summed E-state index contributed by atoms with van der Waals surface area (Å²) >= 11 is 5.01. The van der Waals surface area contributed by atoms with Crippen LogP contribution >= 0.6 is 12.2 Å². The molecule has 0 spiro atoms. The van der Waals surface area contributed by atoms with Crippen LogP contribution in [-0.2, 0) is 7.05 Å². The van der Waals surface area contributed by atoms with E-state index in [1.807, 2.05) is 6.07 Å². The third kappa shape index (κ3) is 2.42. The highest BCUT2D eigenvalue weighted by molar-refractivity contribution is 7.71. The van der Waals surface area contributed by atoms with Gasteiger partial charge in [-0.15, -0.1) is 0 Å². The summed E-state index contributed by atoms with van der Waals surface area (Å²) < 4.78 is 2.26. The van der Waals surface area contributed by atoms with Crippen LogP contribution in [0.4, 0.5) is 0 Å². The molecule has 3 N–H and O–H groups in total. The summed E-state index contributed by atoms with van der Waals surface area (Å²) in [6, 6.07) is 6.95. The van der Waals surface area contributed by atoms with Crippen molar-refractivity contribution in [3.05, 3.63) is 34.6 Å². The van der Waals surface area contributed by atoms with E-state index >= 15 is 0 Å². The Hall–Kier alpha value is -1.95. The number of hydrogen-bond acceptors (Lipinski definition) is 3. The summed E-state index contributed by atoms with van der Waals surface area (Å²) in [5.74, 6) is 0.215. The molecule has 1 heterocycles. The Labute approximate surface area is 104 Å². The molecule has 2 aromatic rings. The number of benzene rings is 1. The monoisotopic (exact) mass is 250 g/mol. The van der Waals surface area contributed by atoms with Gasteiger partial charge in [0.15, 0.2) is 10.6 Å². The number of H-pyrrole nitrogens is 1. The third-order valence-electron chi connectivity index (χ3n) is 2.29. The molecule has 0 saturated heterocycles. The van der Waals surface area contributed by atoms with Crippen molar-refractivity contribution in [3.8, 4) is 11.4 Å². The largest absolute Gasteiger partial charge is 0.366 e. The van der Waals surface area contributed by atoms with Gasteiger partial charge in [-0.1, -0.05) is 19.6 Å². The van der Waals surface area contributed by atoms with Crippen LogP contribution in [0.2, 0.25) is 0 Å². The minimum absolute atomic E-state index is 0. The lowest BCUT2D eigenvalue weighted by molar-refractivity contribution is 0.100. The molecule has 1 aromatic carbocycles. The molecule has 0 radical (unpaired) electrons. The molecular weight excluding hydrogens is 236 g/mol. The van der Waals surface area contributed by atoms with Gasteiger partial charge in [-0.05, 0) is 24.4 Å². The van der Waals surface area contributed by atoms with E-state index < -0.39 is 5.91 Å². The highest BCUT2D eigenvalue weighted by Gasteiger charge is 2.07. The number of rotatable bonds is 2. The smallest absolute Gasteiger partial charge is 0.248 e. The standard InChI is InChI=1S/C10H10N4OS.CH4/c1-14-9(12-13-10(14)16)7-4-2-3-6(5-7)8(11)15;/h2-5H,1H3,(H2,11,15)(H,13,16);1H4. The maximum atomic E-state index is 11.0. The fraction of sp³-hybridized carbons (Fsp3) is 0.182. The maximum absolute atomic E-state index is 11.0. The number of nitrogens with one attached hydrogen (secondary N) is 1. The number of primary amides is 1. The van der Waals surface area contributed by atoms with Crippen molar-refractivity contribution < 1.29 is 4.79 Å². The molecule has 5 nitrogen and oxygen atoms in total. The average molecular weight is 250 g/mol. The number of nitrogens with two attached hydrogens (primary N) is 1. The van der Waals surface area contributed by atoms with Crippen molar-refractivity contribution in [2.45, 2.75) is 7.43 Å². The molecule has 1 aromatic heterocycles. The van der Waals surface area contributed by atoms with Gasteiger partial charge in [0.05, 0.1) is 0 Å².